The molecule has 1 saturated heterocycles. The molecule has 0 radical (unpaired) electrons. The van der Waals surface area contributed by atoms with Crippen LogP contribution in [-0.4, -0.2) is 92.5 Å². The normalized spacial score (nSPS) is 21.4. The van der Waals surface area contributed by atoms with E-state index in [4.69, 9.17) is 4.74 Å². The molecule has 2 rings (SSSR count). The summed E-state index contributed by atoms with van der Waals surface area (Å²) in [6, 6.07) is 1.85. The van der Waals surface area contributed by atoms with Gasteiger partial charge >= 0.3 is 0 Å². The zero-order valence-corrected chi connectivity index (χ0v) is 14.6. The van der Waals surface area contributed by atoms with Crippen molar-refractivity contribution in [1.29, 1.82) is 0 Å². The van der Waals surface area contributed by atoms with Gasteiger partial charge in [0.1, 0.15) is 12.1 Å². The number of hydrogen-bond donors (Lipinski definition) is 1. The van der Waals surface area contributed by atoms with Gasteiger partial charge in [-0.3, -0.25) is 0 Å². The fourth-order valence-electron chi connectivity index (χ4n) is 3.02. The summed E-state index contributed by atoms with van der Waals surface area (Å²) >= 11 is 0. The monoisotopic (exact) mass is 323 g/mol. The van der Waals surface area contributed by atoms with Crippen molar-refractivity contribution in [1.82, 2.24) is 19.8 Å². The summed E-state index contributed by atoms with van der Waals surface area (Å²) in [5, 5.41) is 9.72. The van der Waals surface area contributed by atoms with Gasteiger partial charge in [-0.1, -0.05) is 0 Å². The van der Waals surface area contributed by atoms with Crippen LogP contribution in [0, 0.1) is 11.8 Å². The van der Waals surface area contributed by atoms with E-state index in [1.54, 1.807) is 7.11 Å². The summed E-state index contributed by atoms with van der Waals surface area (Å²) in [6.07, 6.45) is 1.53. The number of methoxy groups -OCH3 is 1. The molecule has 1 aromatic rings. The molecular formula is C16H29N5O2. The van der Waals surface area contributed by atoms with Gasteiger partial charge in [0.2, 0.25) is 5.88 Å². The lowest BCUT2D eigenvalue weighted by atomic mass is 9.96. The van der Waals surface area contributed by atoms with Crippen molar-refractivity contribution in [3.05, 3.63) is 12.4 Å². The summed E-state index contributed by atoms with van der Waals surface area (Å²) < 4.78 is 5.17. The van der Waals surface area contributed by atoms with Crippen LogP contribution in [0.25, 0.3) is 0 Å². The van der Waals surface area contributed by atoms with Gasteiger partial charge in [-0.2, -0.15) is 0 Å². The average Bonchev–Trinajstić information content (AvgIpc) is 2.96. The Labute approximate surface area is 138 Å². The Balaban J connectivity index is 1.96. The highest BCUT2D eigenvalue weighted by molar-refractivity contribution is 5.42. The van der Waals surface area contributed by atoms with Gasteiger partial charge in [0.05, 0.1) is 7.11 Å². The molecule has 23 heavy (non-hydrogen) atoms. The molecule has 2 heterocycles. The number of ether oxygens (including phenoxy) is 1. The minimum atomic E-state index is 0.213. The highest BCUT2D eigenvalue weighted by Gasteiger charge is 2.33. The van der Waals surface area contributed by atoms with E-state index >= 15 is 0 Å². The predicted molar refractivity (Wildman–Crippen MR) is 90.9 cm³/mol. The molecule has 1 aromatic heterocycles. The Morgan fingerprint density at radius 3 is 2.61 bits per heavy atom. The van der Waals surface area contributed by atoms with Crippen LogP contribution >= 0.6 is 0 Å². The van der Waals surface area contributed by atoms with Crippen molar-refractivity contribution >= 4 is 5.82 Å². The summed E-state index contributed by atoms with van der Waals surface area (Å²) in [7, 11) is 7.93. The second kappa shape index (κ2) is 8.42. The highest BCUT2D eigenvalue weighted by Crippen LogP contribution is 2.28. The molecule has 0 spiro atoms. The molecule has 1 aliphatic heterocycles. The van der Waals surface area contributed by atoms with Crippen LogP contribution in [0.1, 0.15) is 0 Å². The summed E-state index contributed by atoms with van der Waals surface area (Å²) in [5.74, 6) is 2.15. The minimum Gasteiger partial charge on any atom is -0.481 e. The molecule has 0 aliphatic carbocycles. The van der Waals surface area contributed by atoms with Crippen molar-refractivity contribution in [2.45, 2.75) is 0 Å². The lowest BCUT2D eigenvalue weighted by Gasteiger charge is -2.25. The van der Waals surface area contributed by atoms with Gasteiger partial charge in [0.15, 0.2) is 0 Å². The lowest BCUT2D eigenvalue weighted by molar-refractivity contribution is 0.171. The Bertz CT molecular complexity index is 485. The van der Waals surface area contributed by atoms with Gasteiger partial charge in [0, 0.05) is 51.3 Å². The van der Waals surface area contributed by atoms with Crippen LogP contribution in [0.15, 0.2) is 12.4 Å². The van der Waals surface area contributed by atoms with E-state index in [2.05, 4.69) is 45.8 Å². The molecule has 130 valence electrons. The van der Waals surface area contributed by atoms with E-state index in [1.165, 1.54) is 6.33 Å². The second-order valence-electron chi connectivity index (χ2n) is 6.59. The summed E-state index contributed by atoms with van der Waals surface area (Å²) in [5.41, 5.74) is 0. The molecule has 0 saturated carbocycles. The van der Waals surface area contributed by atoms with Crippen LogP contribution in [0.4, 0.5) is 5.82 Å². The quantitative estimate of drug-likeness (QED) is 0.724. The maximum Gasteiger partial charge on any atom is 0.218 e. The number of hydrogen-bond acceptors (Lipinski definition) is 7. The maximum absolute atomic E-state index is 9.72. The number of aliphatic hydroxyl groups is 1. The SMILES string of the molecule is COc1cc(N2C[C@@H](CN(C)CCN(C)C)[C@@H](CO)C2)ncn1. The first-order valence-electron chi connectivity index (χ1n) is 8.08. The van der Waals surface area contributed by atoms with Crippen molar-refractivity contribution < 1.29 is 9.84 Å². The number of anilines is 1. The third-order valence-corrected chi connectivity index (χ3v) is 4.45. The van der Waals surface area contributed by atoms with Crippen LogP contribution in [0.2, 0.25) is 0 Å². The Hall–Kier alpha value is -1.44. The molecule has 7 nitrogen and oxygen atoms in total. The van der Waals surface area contributed by atoms with Crippen molar-refractivity contribution in [3.8, 4) is 5.88 Å². The number of aromatic nitrogens is 2. The third-order valence-electron chi connectivity index (χ3n) is 4.45. The van der Waals surface area contributed by atoms with Gasteiger partial charge in [-0.15, -0.1) is 0 Å². The highest BCUT2D eigenvalue weighted by atomic mass is 16.5. The van der Waals surface area contributed by atoms with Crippen LogP contribution in [-0.2, 0) is 0 Å². The molecule has 0 aromatic carbocycles. The minimum absolute atomic E-state index is 0.213. The molecule has 2 atom stereocenters. The fourth-order valence-corrected chi connectivity index (χ4v) is 3.02. The topological polar surface area (TPSA) is 65.0 Å². The Morgan fingerprint density at radius 2 is 1.96 bits per heavy atom. The number of rotatable bonds is 8. The van der Waals surface area contributed by atoms with Crippen molar-refractivity contribution in [2.24, 2.45) is 11.8 Å². The lowest BCUT2D eigenvalue weighted by Crippen LogP contribution is -2.35. The first-order chi connectivity index (χ1) is 11.0. The molecule has 1 aliphatic rings. The van der Waals surface area contributed by atoms with E-state index in [1.807, 2.05) is 6.07 Å². The standard InChI is InChI=1S/C16H29N5O2/c1-19(2)5-6-20(3)8-13-9-21(10-14(13)11-22)15-7-16(23-4)18-12-17-15/h7,12-14,22H,5-6,8-11H2,1-4H3/t13-,14-/m1/s1. The van der Waals surface area contributed by atoms with E-state index in [0.29, 0.717) is 11.8 Å². The third kappa shape index (κ3) is 5.02. The number of nitrogens with zero attached hydrogens (tertiary/aromatic N) is 5. The van der Waals surface area contributed by atoms with Gasteiger partial charge < -0.3 is 24.5 Å². The summed E-state index contributed by atoms with van der Waals surface area (Å²) in [6.45, 7) is 4.99. The van der Waals surface area contributed by atoms with E-state index in [9.17, 15) is 5.11 Å². The average molecular weight is 323 g/mol. The zero-order chi connectivity index (χ0) is 16.8. The van der Waals surface area contributed by atoms with E-state index < -0.39 is 0 Å². The Morgan fingerprint density at radius 1 is 1.22 bits per heavy atom. The molecule has 7 heteroatoms. The van der Waals surface area contributed by atoms with Crippen molar-refractivity contribution in [3.63, 3.8) is 0 Å². The van der Waals surface area contributed by atoms with Gasteiger partial charge in [-0.25, -0.2) is 9.97 Å². The molecule has 0 bridgehead atoms. The predicted octanol–water partition coefficient (Wildman–Crippen LogP) is 0.0233. The van der Waals surface area contributed by atoms with Crippen molar-refractivity contribution in [2.75, 3.05) is 72.5 Å². The number of likely N-dealkylation sites (N-methyl/N-ethyl adjacent to an activating group) is 2. The smallest absolute Gasteiger partial charge is 0.218 e. The van der Waals surface area contributed by atoms with Gasteiger partial charge in [0.25, 0.3) is 0 Å². The number of aliphatic hydroxyl groups excluding tert-OH is 1. The Kier molecular flexibility index (Phi) is 6.56. The largest absolute Gasteiger partial charge is 0.481 e. The fraction of sp³-hybridized carbons (Fsp3) is 0.750. The molecule has 1 N–H and O–H groups in total. The maximum atomic E-state index is 9.72. The van der Waals surface area contributed by atoms with Crippen LogP contribution in [0.3, 0.4) is 0 Å². The molecule has 0 unspecified atom stereocenters. The van der Waals surface area contributed by atoms with Gasteiger partial charge in [-0.05, 0) is 27.1 Å². The van der Waals surface area contributed by atoms with E-state index in [-0.39, 0.29) is 12.5 Å². The first kappa shape index (κ1) is 17.9. The first-order valence-corrected chi connectivity index (χ1v) is 8.08. The molecule has 0 amide bonds. The zero-order valence-electron chi connectivity index (χ0n) is 14.6. The molecule has 1 fully saturated rings. The van der Waals surface area contributed by atoms with Crippen LogP contribution < -0.4 is 9.64 Å². The molecular weight excluding hydrogens is 294 g/mol. The summed E-state index contributed by atoms with van der Waals surface area (Å²) in [4.78, 5) is 15.1. The van der Waals surface area contributed by atoms with Crippen LogP contribution in [0.5, 0.6) is 5.88 Å². The second-order valence-corrected chi connectivity index (χ2v) is 6.59. The van der Waals surface area contributed by atoms with E-state index in [0.717, 1.165) is 38.5 Å².